The van der Waals surface area contributed by atoms with Crippen molar-refractivity contribution in [2.24, 2.45) is 0 Å². The molecule has 0 aliphatic heterocycles. The average molecular weight is 307 g/mol. The number of rotatable bonds is 4. The highest BCUT2D eigenvalue weighted by molar-refractivity contribution is 7.99. The van der Waals surface area contributed by atoms with Crippen LogP contribution in [0.15, 0.2) is 46.2 Å². The molecule has 0 aromatic heterocycles. The number of hydrogen-bond acceptors (Lipinski definition) is 4. The van der Waals surface area contributed by atoms with E-state index in [1.54, 1.807) is 32.0 Å². The monoisotopic (exact) mass is 307 g/mol. The standard InChI is InChI=1S/C15H14FNO3S/c1-9-7-15(13(10(2)18)8-14(9)16)21-12-5-3-11(4-6-12)17(19)20/h3-8,10,18H,1-2H3. The van der Waals surface area contributed by atoms with Gasteiger partial charge in [-0.25, -0.2) is 4.39 Å². The first-order valence-electron chi connectivity index (χ1n) is 6.29. The van der Waals surface area contributed by atoms with E-state index in [9.17, 15) is 19.6 Å². The van der Waals surface area contributed by atoms with Crippen LogP contribution in [0.25, 0.3) is 0 Å². The molecule has 2 rings (SSSR count). The summed E-state index contributed by atoms with van der Waals surface area (Å²) >= 11 is 1.34. The first kappa shape index (κ1) is 15.5. The molecule has 110 valence electrons. The number of hydrogen-bond donors (Lipinski definition) is 1. The number of nitro benzene ring substituents is 1. The van der Waals surface area contributed by atoms with Crippen molar-refractivity contribution >= 4 is 17.4 Å². The first-order valence-corrected chi connectivity index (χ1v) is 7.10. The largest absolute Gasteiger partial charge is 0.389 e. The molecular weight excluding hydrogens is 293 g/mol. The minimum atomic E-state index is -0.791. The summed E-state index contributed by atoms with van der Waals surface area (Å²) in [6.45, 7) is 3.23. The molecule has 0 bridgehead atoms. The van der Waals surface area contributed by atoms with Gasteiger partial charge < -0.3 is 5.11 Å². The quantitative estimate of drug-likeness (QED) is 0.677. The zero-order chi connectivity index (χ0) is 15.6. The number of non-ortho nitro benzene ring substituents is 1. The van der Waals surface area contributed by atoms with Crippen molar-refractivity contribution < 1.29 is 14.4 Å². The summed E-state index contributed by atoms with van der Waals surface area (Å²) in [6.07, 6.45) is -0.791. The summed E-state index contributed by atoms with van der Waals surface area (Å²) in [5.74, 6) is -0.362. The van der Waals surface area contributed by atoms with Gasteiger partial charge in [0, 0.05) is 21.9 Å². The lowest BCUT2D eigenvalue weighted by Crippen LogP contribution is -1.97. The van der Waals surface area contributed by atoms with Gasteiger partial charge in [0.05, 0.1) is 11.0 Å². The lowest BCUT2D eigenvalue weighted by atomic mass is 10.1. The van der Waals surface area contributed by atoms with Crippen LogP contribution in [0.2, 0.25) is 0 Å². The van der Waals surface area contributed by atoms with Crippen LogP contribution in [0.5, 0.6) is 0 Å². The smallest absolute Gasteiger partial charge is 0.269 e. The fourth-order valence-corrected chi connectivity index (χ4v) is 2.96. The highest BCUT2D eigenvalue weighted by Crippen LogP contribution is 2.35. The van der Waals surface area contributed by atoms with Gasteiger partial charge in [-0.05, 0) is 49.2 Å². The maximum atomic E-state index is 13.6. The Labute approximate surface area is 125 Å². The summed E-state index contributed by atoms with van der Waals surface area (Å²) in [5.41, 5.74) is 1.01. The number of halogens is 1. The Morgan fingerprint density at radius 3 is 2.43 bits per heavy atom. The van der Waals surface area contributed by atoms with Gasteiger partial charge in [0.1, 0.15) is 5.82 Å². The molecule has 0 aliphatic rings. The molecule has 0 spiro atoms. The Morgan fingerprint density at radius 1 is 1.29 bits per heavy atom. The van der Waals surface area contributed by atoms with E-state index in [4.69, 9.17) is 0 Å². The summed E-state index contributed by atoms with van der Waals surface area (Å²) in [5, 5.41) is 20.4. The predicted octanol–water partition coefficient (Wildman–Crippen LogP) is 4.25. The van der Waals surface area contributed by atoms with Gasteiger partial charge >= 0.3 is 0 Å². The van der Waals surface area contributed by atoms with Crippen LogP contribution in [0.1, 0.15) is 24.2 Å². The van der Waals surface area contributed by atoms with Gasteiger partial charge in [-0.3, -0.25) is 10.1 Å². The third-order valence-electron chi connectivity index (χ3n) is 3.02. The molecule has 6 heteroatoms. The predicted molar refractivity (Wildman–Crippen MR) is 79.0 cm³/mol. The average Bonchev–Trinajstić information content (AvgIpc) is 2.43. The van der Waals surface area contributed by atoms with E-state index in [1.165, 1.54) is 30.0 Å². The topological polar surface area (TPSA) is 63.4 Å². The van der Waals surface area contributed by atoms with Crippen molar-refractivity contribution in [3.05, 3.63) is 63.5 Å². The Balaban J connectivity index is 2.34. The molecule has 0 aliphatic carbocycles. The molecular formula is C15H14FNO3S. The van der Waals surface area contributed by atoms with E-state index in [2.05, 4.69) is 0 Å². The Kier molecular flexibility index (Phi) is 4.59. The van der Waals surface area contributed by atoms with Gasteiger partial charge in [-0.2, -0.15) is 0 Å². The second-order valence-electron chi connectivity index (χ2n) is 4.67. The normalized spacial score (nSPS) is 12.2. The number of aliphatic hydroxyl groups is 1. The Bertz CT molecular complexity index is 671. The lowest BCUT2D eigenvalue weighted by Gasteiger charge is -2.13. The zero-order valence-electron chi connectivity index (χ0n) is 11.5. The minimum Gasteiger partial charge on any atom is -0.389 e. The highest BCUT2D eigenvalue weighted by atomic mass is 32.2. The van der Waals surface area contributed by atoms with Crippen LogP contribution in [0, 0.1) is 22.9 Å². The lowest BCUT2D eigenvalue weighted by molar-refractivity contribution is -0.384. The molecule has 4 nitrogen and oxygen atoms in total. The number of nitro groups is 1. The maximum absolute atomic E-state index is 13.6. The van der Waals surface area contributed by atoms with E-state index >= 15 is 0 Å². The number of benzene rings is 2. The fraction of sp³-hybridized carbons (Fsp3) is 0.200. The molecule has 0 fully saturated rings. The number of aryl methyl sites for hydroxylation is 1. The molecule has 1 unspecified atom stereocenters. The Morgan fingerprint density at radius 2 is 1.90 bits per heavy atom. The van der Waals surface area contributed by atoms with Crippen molar-refractivity contribution in [2.75, 3.05) is 0 Å². The molecule has 2 aromatic rings. The van der Waals surface area contributed by atoms with Crippen molar-refractivity contribution in [1.82, 2.24) is 0 Å². The third-order valence-corrected chi connectivity index (χ3v) is 4.10. The van der Waals surface area contributed by atoms with Crippen molar-refractivity contribution in [2.45, 2.75) is 29.7 Å². The fourth-order valence-electron chi connectivity index (χ4n) is 1.85. The molecule has 21 heavy (non-hydrogen) atoms. The third kappa shape index (κ3) is 3.59. The molecule has 0 radical (unpaired) electrons. The first-order chi connectivity index (χ1) is 9.88. The van der Waals surface area contributed by atoms with Crippen LogP contribution in [-0.4, -0.2) is 10.0 Å². The van der Waals surface area contributed by atoms with Gasteiger partial charge in [-0.15, -0.1) is 0 Å². The van der Waals surface area contributed by atoms with Gasteiger partial charge in [0.15, 0.2) is 0 Å². The molecule has 0 saturated carbocycles. The van der Waals surface area contributed by atoms with E-state index in [0.717, 1.165) is 9.79 Å². The highest BCUT2D eigenvalue weighted by Gasteiger charge is 2.13. The van der Waals surface area contributed by atoms with Crippen molar-refractivity contribution in [3.8, 4) is 0 Å². The minimum absolute atomic E-state index is 0.0189. The molecule has 1 N–H and O–H groups in total. The molecule has 0 amide bonds. The maximum Gasteiger partial charge on any atom is 0.269 e. The number of aliphatic hydroxyl groups excluding tert-OH is 1. The summed E-state index contributed by atoms with van der Waals surface area (Å²) in [7, 11) is 0. The van der Waals surface area contributed by atoms with Gasteiger partial charge in [0.25, 0.3) is 5.69 Å². The van der Waals surface area contributed by atoms with Crippen LogP contribution in [0.3, 0.4) is 0 Å². The second kappa shape index (κ2) is 6.24. The second-order valence-corrected chi connectivity index (χ2v) is 5.78. The zero-order valence-corrected chi connectivity index (χ0v) is 12.4. The van der Waals surface area contributed by atoms with Gasteiger partial charge in [0.2, 0.25) is 0 Å². The summed E-state index contributed by atoms with van der Waals surface area (Å²) < 4.78 is 13.6. The van der Waals surface area contributed by atoms with E-state index in [-0.39, 0.29) is 11.5 Å². The summed E-state index contributed by atoms with van der Waals surface area (Å²) in [6, 6.07) is 9.10. The van der Waals surface area contributed by atoms with Crippen LogP contribution in [0.4, 0.5) is 10.1 Å². The van der Waals surface area contributed by atoms with Crippen molar-refractivity contribution in [1.29, 1.82) is 0 Å². The molecule has 1 atom stereocenters. The van der Waals surface area contributed by atoms with Crippen LogP contribution >= 0.6 is 11.8 Å². The van der Waals surface area contributed by atoms with Gasteiger partial charge in [-0.1, -0.05) is 11.8 Å². The molecule has 2 aromatic carbocycles. The molecule has 0 saturated heterocycles. The van der Waals surface area contributed by atoms with Crippen molar-refractivity contribution in [3.63, 3.8) is 0 Å². The summed E-state index contributed by atoms with van der Waals surface area (Å²) in [4.78, 5) is 11.7. The van der Waals surface area contributed by atoms with E-state index < -0.39 is 11.0 Å². The van der Waals surface area contributed by atoms with E-state index in [1.807, 2.05) is 0 Å². The number of nitrogens with zero attached hydrogens (tertiary/aromatic N) is 1. The Hall–Kier alpha value is -1.92. The van der Waals surface area contributed by atoms with Crippen LogP contribution < -0.4 is 0 Å². The SMILES string of the molecule is Cc1cc(Sc2ccc([N+](=O)[O-])cc2)c(C(C)O)cc1F. The molecule has 0 heterocycles. The van der Waals surface area contributed by atoms with Crippen LogP contribution in [-0.2, 0) is 0 Å². The van der Waals surface area contributed by atoms with E-state index in [0.29, 0.717) is 11.1 Å².